The number of pyridine rings is 1. The largest absolute Gasteiger partial charge is 0.321 e. The molecule has 0 aliphatic rings. The molecule has 60 valence electrons. The van der Waals surface area contributed by atoms with E-state index in [1.807, 2.05) is 32.9 Å². The molecule has 0 saturated heterocycles. The van der Waals surface area contributed by atoms with E-state index in [9.17, 15) is 0 Å². The molecule has 11 heavy (non-hydrogen) atoms. The molecular weight excluding hydrogens is 136 g/mol. The van der Waals surface area contributed by atoms with Crippen molar-refractivity contribution in [1.82, 2.24) is 4.98 Å². The Bertz CT molecular complexity index is 248. The van der Waals surface area contributed by atoms with Gasteiger partial charge in [-0.3, -0.25) is 4.98 Å². The summed E-state index contributed by atoms with van der Waals surface area (Å²) in [5, 5.41) is 0. The van der Waals surface area contributed by atoms with Gasteiger partial charge in [0.05, 0.1) is 11.2 Å². The van der Waals surface area contributed by atoms with Crippen LogP contribution < -0.4 is 5.73 Å². The number of rotatable bonds is 1. The van der Waals surface area contributed by atoms with Gasteiger partial charge in [0.25, 0.3) is 0 Å². The van der Waals surface area contributed by atoms with Crippen LogP contribution in [-0.2, 0) is 5.54 Å². The molecule has 2 N–H and O–H groups in total. The van der Waals surface area contributed by atoms with E-state index in [4.69, 9.17) is 5.73 Å². The molecule has 1 aromatic heterocycles. The van der Waals surface area contributed by atoms with Gasteiger partial charge in [-0.15, -0.1) is 0 Å². The van der Waals surface area contributed by atoms with E-state index in [1.54, 1.807) is 6.20 Å². The number of hydrogen-bond acceptors (Lipinski definition) is 2. The van der Waals surface area contributed by atoms with Crippen LogP contribution in [0.4, 0.5) is 0 Å². The summed E-state index contributed by atoms with van der Waals surface area (Å²) in [7, 11) is 0. The second-order valence-electron chi connectivity index (χ2n) is 3.44. The zero-order valence-electron chi connectivity index (χ0n) is 7.26. The Hall–Kier alpha value is -0.890. The normalized spacial score (nSPS) is 11.6. The highest BCUT2D eigenvalue weighted by Crippen LogP contribution is 2.14. The smallest absolute Gasteiger partial charge is 0.0599 e. The van der Waals surface area contributed by atoms with Crippen LogP contribution in [0.15, 0.2) is 18.3 Å². The fraction of sp³-hybridized carbons (Fsp3) is 0.444. The van der Waals surface area contributed by atoms with Crippen LogP contribution in [-0.4, -0.2) is 4.98 Å². The minimum absolute atomic E-state index is 0.327. The highest BCUT2D eigenvalue weighted by Gasteiger charge is 2.14. The predicted octanol–water partition coefficient (Wildman–Crippen LogP) is 1.58. The molecule has 0 fully saturated rings. The molecule has 0 radical (unpaired) electrons. The van der Waals surface area contributed by atoms with Crippen LogP contribution in [0.1, 0.15) is 25.1 Å². The van der Waals surface area contributed by atoms with Gasteiger partial charge < -0.3 is 5.73 Å². The first kappa shape index (κ1) is 8.21. The first-order valence-electron chi connectivity index (χ1n) is 3.72. The zero-order chi connectivity index (χ0) is 8.48. The van der Waals surface area contributed by atoms with Crippen molar-refractivity contribution in [1.29, 1.82) is 0 Å². The molecule has 1 heterocycles. The first-order chi connectivity index (χ1) is 5.00. The van der Waals surface area contributed by atoms with Gasteiger partial charge in [-0.1, -0.05) is 0 Å². The van der Waals surface area contributed by atoms with E-state index < -0.39 is 0 Å². The molecule has 0 amide bonds. The van der Waals surface area contributed by atoms with E-state index in [1.165, 1.54) is 5.56 Å². The van der Waals surface area contributed by atoms with E-state index in [2.05, 4.69) is 4.98 Å². The van der Waals surface area contributed by atoms with E-state index in [0.717, 1.165) is 5.69 Å². The summed E-state index contributed by atoms with van der Waals surface area (Å²) < 4.78 is 0. The maximum Gasteiger partial charge on any atom is 0.0599 e. The summed E-state index contributed by atoms with van der Waals surface area (Å²) in [6, 6.07) is 3.98. The van der Waals surface area contributed by atoms with Crippen molar-refractivity contribution in [3.8, 4) is 0 Å². The lowest BCUT2D eigenvalue weighted by molar-refractivity contribution is 0.534. The highest BCUT2D eigenvalue weighted by atomic mass is 14.8. The molecule has 0 aromatic carbocycles. The Morgan fingerprint density at radius 3 is 2.45 bits per heavy atom. The summed E-state index contributed by atoms with van der Waals surface area (Å²) in [5.74, 6) is 0. The van der Waals surface area contributed by atoms with Crippen molar-refractivity contribution in [3.63, 3.8) is 0 Å². The van der Waals surface area contributed by atoms with Gasteiger partial charge in [0.15, 0.2) is 0 Å². The van der Waals surface area contributed by atoms with Crippen LogP contribution in [0, 0.1) is 6.92 Å². The van der Waals surface area contributed by atoms with Gasteiger partial charge in [0, 0.05) is 6.20 Å². The van der Waals surface area contributed by atoms with Crippen LogP contribution in [0.25, 0.3) is 0 Å². The van der Waals surface area contributed by atoms with Crippen molar-refractivity contribution in [3.05, 3.63) is 29.6 Å². The van der Waals surface area contributed by atoms with Gasteiger partial charge in [0.1, 0.15) is 0 Å². The van der Waals surface area contributed by atoms with Gasteiger partial charge in [-0.25, -0.2) is 0 Å². The summed E-state index contributed by atoms with van der Waals surface area (Å²) in [6.45, 7) is 5.94. The van der Waals surface area contributed by atoms with Crippen molar-refractivity contribution < 1.29 is 0 Å². The van der Waals surface area contributed by atoms with Gasteiger partial charge in [-0.05, 0) is 38.5 Å². The van der Waals surface area contributed by atoms with Crippen LogP contribution in [0.2, 0.25) is 0 Å². The Morgan fingerprint density at radius 2 is 2.09 bits per heavy atom. The number of nitrogens with two attached hydrogens (primary N) is 1. The lowest BCUT2D eigenvalue weighted by Crippen LogP contribution is -2.29. The summed E-state index contributed by atoms with van der Waals surface area (Å²) in [6.07, 6.45) is 1.79. The third-order valence-electron chi connectivity index (χ3n) is 1.58. The molecule has 2 heteroatoms. The Kier molecular flexibility index (Phi) is 1.96. The van der Waals surface area contributed by atoms with Gasteiger partial charge >= 0.3 is 0 Å². The average Bonchev–Trinajstić information content (AvgIpc) is 1.86. The van der Waals surface area contributed by atoms with E-state index in [-0.39, 0.29) is 5.54 Å². The lowest BCUT2D eigenvalue weighted by atomic mass is 10.0. The zero-order valence-corrected chi connectivity index (χ0v) is 7.26. The Morgan fingerprint density at radius 1 is 1.45 bits per heavy atom. The maximum atomic E-state index is 5.86. The van der Waals surface area contributed by atoms with Crippen LogP contribution in [0.5, 0.6) is 0 Å². The molecule has 2 nitrogen and oxygen atoms in total. The molecule has 0 atom stereocenters. The monoisotopic (exact) mass is 150 g/mol. The molecule has 0 aliphatic heterocycles. The quantitative estimate of drug-likeness (QED) is 0.660. The fourth-order valence-corrected chi connectivity index (χ4v) is 0.889. The lowest BCUT2D eigenvalue weighted by Gasteiger charge is -2.17. The summed E-state index contributed by atoms with van der Waals surface area (Å²) in [5.41, 5.74) is 7.68. The van der Waals surface area contributed by atoms with Crippen LogP contribution >= 0.6 is 0 Å². The Balaban J connectivity index is 3.06. The fourth-order valence-electron chi connectivity index (χ4n) is 0.889. The minimum Gasteiger partial charge on any atom is -0.321 e. The summed E-state index contributed by atoms with van der Waals surface area (Å²) >= 11 is 0. The SMILES string of the molecule is Cc1ccnc(C(C)(C)N)c1. The molecule has 0 bridgehead atoms. The number of aryl methyl sites for hydroxylation is 1. The van der Waals surface area contributed by atoms with Crippen molar-refractivity contribution >= 4 is 0 Å². The van der Waals surface area contributed by atoms with Crippen molar-refractivity contribution in [2.24, 2.45) is 5.73 Å². The van der Waals surface area contributed by atoms with E-state index >= 15 is 0 Å². The molecule has 1 aromatic rings. The highest BCUT2D eigenvalue weighted by molar-refractivity contribution is 5.19. The number of aromatic nitrogens is 1. The van der Waals surface area contributed by atoms with Gasteiger partial charge in [-0.2, -0.15) is 0 Å². The van der Waals surface area contributed by atoms with Crippen molar-refractivity contribution in [2.45, 2.75) is 26.3 Å². The maximum absolute atomic E-state index is 5.86. The third kappa shape index (κ3) is 2.02. The third-order valence-corrected chi connectivity index (χ3v) is 1.58. The Labute approximate surface area is 67.5 Å². The average molecular weight is 150 g/mol. The van der Waals surface area contributed by atoms with Crippen molar-refractivity contribution in [2.75, 3.05) is 0 Å². The van der Waals surface area contributed by atoms with E-state index in [0.29, 0.717) is 0 Å². The molecular formula is C9H14N2. The first-order valence-corrected chi connectivity index (χ1v) is 3.72. The minimum atomic E-state index is -0.327. The standard InChI is InChI=1S/C9H14N2/c1-7-4-5-11-8(6-7)9(2,3)10/h4-6H,10H2,1-3H3. The molecule has 0 aliphatic carbocycles. The topological polar surface area (TPSA) is 38.9 Å². The molecule has 1 rings (SSSR count). The predicted molar refractivity (Wildman–Crippen MR) is 46.2 cm³/mol. The molecule has 0 unspecified atom stereocenters. The molecule has 0 saturated carbocycles. The van der Waals surface area contributed by atoms with Gasteiger partial charge in [0.2, 0.25) is 0 Å². The summed E-state index contributed by atoms with van der Waals surface area (Å²) in [4.78, 5) is 4.19. The second kappa shape index (κ2) is 2.62. The molecule has 0 spiro atoms. The number of nitrogens with zero attached hydrogens (tertiary/aromatic N) is 1. The second-order valence-corrected chi connectivity index (χ2v) is 3.44. The number of hydrogen-bond donors (Lipinski definition) is 1. The van der Waals surface area contributed by atoms with Crippen LogP contribution in [0.3, 0.4) is 0 Å².